The largest absolute Gasteiger partial charge is 0.466 e. The van der Waals surface area contributed by atoms with Gasteiger partial charge in [0.05, 0.1) is 19.1 Å². The Morgan fingerprint density at radius 1 is 1.33 bits per heavy atom. The average Bonchev–Trinajstić information content (AvgIpc) is 2.99. The van der Waals surface area contributed by atoms with Crippen LogP contribution in [0.4, 0.5) is 4.39 Å². The fraction of sp³-hybridized carbons (Fsp3) is 0.833. The van der Waals surface area contributed by atoms with E-state index in [4.69, 9.17) is 15.2 Å². The number of carbonyl (C=O) groups excluding carboxylic acids is 2. The fourth-order valence-corrected chi connectivity index (χ4v) is 3.07. The van der Waals surface area contributed by atoms with Crippen molar-refractivity contribution in [1.82, 2.24) is 0 Å². The van der Waals surface area contributed by atoms with E-state index >= 15 is 0 Å². The van der Waals surface area contributed by atoms with Gasteiger partial charge in [0.2, 0.25) is 0 Å². The molecule has 0 heterocycles. The summed E-state index contributed by atoms with van der Waals surface area (Å²) in [6.45, 7) is 3.78. The highest BCUT2D eigenvalue weighted by Crippen LogP contribution is 2.63. The molecule has 0 aromatic heterocycles. The number of ether oxygens (including phenoxy) is 2. The number of halogens is 1. The number of carbonyl (C=O) groups is 2. The smallest absolute Gasteiger partial charge is 0.326 e. The lowest BCUT2D eigenvalue weighted by Crippen LogP contribution is -2.51. The highest BCUT2D eigenvalue weighted by molar-refractivity contribution is 5.87. The molecule has 2 N–H and O–H groups in total. The Kier molecular flexibility index (Phi) is 3.31. The van der Waals surface area contributed by atoms with Crippen LogP contribution in [0.1, 0.15) is 20.3 Å². The van der Waals surface area contributed by atoms with Gasteiger partial charge in [0.15, 0.2) is 0 Å². The summed E-state index contributed by atoms with van der Waals surface area (Å²) in [6, 6.07) is 0. The van der Waals surface area contributed by atoms with Crippen molar-refractivity contribution in [3.63, 3.8) is 0 Å². The van der Waals surface area contributed by atoms with Gasteiger partial charge < -0.3 is 15.2 Å². The van der Waals surface area contributed by atoms with Gasteiger partial charge in [-0.1, -0.05) is 0 Å². The zero-order chi connectivity index (χ0) is 13.5. The van der Waals surface area contributed by atoms with Crippen LogP contribution in [0.2, 0.25) is 0 Å². The van der Waals surface area contributed by atoms with E-state index in [1.54, 1.807) is 13.8 Å². The highest BCUT2D eigenvalue weighted by atomic mass is 19.1. The minimum atomic E-state index is -1.38. The van der Waals surface area contributed by atoms with Crippen LogP contribution < -0.4 is 5.73 Å². The first-order valence-electron chi connectivity index (χ1n) is 6.24. The van der Waals surface area contributed by atoms with Gasteiger partial charge in [-0.2, -0.15) is 0 Å². The Labute approximate surface area is 105 Å². The quantitative estimate of drug-likeness (QED) is 0.740. The first kappa shape index (κ1) is 13.3. The zero-order valence-electron chi connectivity index (χ0n) is 10.5. The van der Waals surface area contributed by atoms with Gasteiger partial charge in [-0.15, -0.1) is 0 Å². The maximum absolute atomic E-state index is 13.8. The second kappa shape index (κ2) is 4.50. The molecule has 2 aliphatic rings. The molecule has 6 heteroatoms. The van der Waals surface area contributed by atoms with E-state index in [1.165, 1.54) is 0 Å². The van der Waals surface area contributed by atoms with Gasteiger partial charge in [-0.3, -0.25) is 9.59 Å². The normalized spacial score (nSPS) is 41.1. The Bertz CT molecular complexity index is 375. The van der Waals surface area contributed by atoms with Crippen LogP contribution in [0.3, 0.4) is 0 Å². The van der Waals surface area contributed by atoms with Crippen molar-refractivity contribution in [2.24, 2.45) is 23.5 Å². The number of fused-ring (bicyclic) bond motifs is 1. The lowest BCUT2D eigenvalue weighted by Gasteiger charge is -2.25. The second-order valence-corrected chi connectivity index (χ2v) is 4.86. The van der Waals surface area contributed by atoms with Gasteiger partial charge in [-0.05, 0) is 13.8 Å². The Morgan fingerprint density at radius 3 is 2.50 bits per heavy atom. The SMILES string of the molecule is CCOC(=O)[C@H]1[C@H]2[C@H]1[C@](N)(C(=O)OCC)C[C@H]2F. The van der Waals surface area contributed by atoms with Gasteiger partial charge >= 0.3 is 11.9 Å². The maximum Gasteiger partial charge on any atom is 0.326 e. The van der Waals surface area contributed by atoms with Crippen molar-refractivity contribution in [3.8, 4) is 0 Å². The Morgan fingerprint density at radius 2 is 1.94 bits per heavy atom. The van der Waals surface area contributed by atoms with Crippen LogP contribution in [0, 0.1) is 17.8 Å². The molecule has 0 saturated heterocycles. The van der Waals surface area contributed by atoms with E-state index in [-0.39, 0.29) is 19.6 Å². The summed E-state index contributed by atoms with van der Waals surface area (Å²) < 4.78 is 23.6. The summed E-state index contributed by atoms with van der Waals surface area (Å²) in [4.78, 5) is 23.4. The van der Waals surface area contributed by atoms with Crippen molar-refractivity contribution in [1.29, 1.82) is 0 Å². The summed E-state index contributed by atoms with van der Waals surface area (Å²) in [5.41, 5.74) is 4.59. The number of hydrogen-bond acceptors (Lipinski definition) is 5. The third kappa shape index (κ3) is 1.79. The minimum absolute atomic E-state index is 0.0723. The summed E-state index contributed by atoms with van der Waals surface area (Å²) in [5, 5.41) is 0. The number of esters is 2. The van der Waals surface area contributed by atoms with Crippen molar-refractivity contribution in [2.75, 3.05) is 13.2 Å². The lowest BCUT2D eigenvalue weighted by molar-refractivity contribution is -0.152. The Hall–Kier alpha value is -1.17. The number of hydrogen-bond donors (Lipinski definition) is 1. The van der Waals surface area contributed by atoms with Crippen LogP contribution >= 0.6 is 0 Å². The molecule has 0 amide bonds. The monoisotopic (exact) mass is 259 g/mol. The van der Waals surface area contributed by atoms with Crippen LogP contribution in [-0.4, -0.2) is 36.9 Å². The molecule has 5 nitrogen and oxygen atoms in total. The summed E-state index contributed by atoms with van der Waals surface area (Å²) in [6.07, 6.45) is -1.31. The molecule has 0 radical (unpaired) electrons. The molecule has 2 saturated carbocycles. The second-order valence-electron chi connectivity index (χ2n) is 4.86. The molecule has 0 aromatic rings. The molecule has 0 aromatic carbocycles. The number of rotatable bonds is 4. The Balaban J connectivity index is 2.12. The van der Waals surface area contributed by atoms with E-state index in [1.807, 2.05) is 0 Å². The standard InChI is InChI=1S/C12H18FNO4/c1-3-17-10(15)8-7-6(13)5-12(14,9(7)8)11(16)18-4-2/h6-9H,3-5,14H2,1-2H3/t6-,7+,8+,9-,12+/m1/s1. The summed E-state index contributed by atoms with van der Waals surface area (Å²) >= 11 is 0. The van der Waals surface area contributed by atoms with E-state index in [2.05, 4.69) is 0 Å². The lowest BCUT2D eigenvalue weighted by atomic mass is 9.91. The molecule has 18 heavy (non-hydrogen) atoms. The van der Waals surface area contributed by atoms with Crippen LogP contribution in [-0.2, 0) is 19.1 Å². The van der Waals surface area contributed by atoms with Crippen LogP contribution in [0.15, 0.2) is 0 Å². The molecule has 0 unspecified atom stereocenters. The molecule has 2 aliphatic carbocycles. The van der Waals surface area contributed by atoms with Crippen LogP contribution in [0.5, 0.6) is 0 Å². The van der Waals surface area contributed by atoms with Crippen molar-refractivity contribution in [3.05, 3.63) is 0 Å². The molecule has 0 aliphatic heterocycles. The third-order valence-corrected chi connectivity index (χ3v) is 3.83. The molecular weight excluding hydrogens is 241 g/mol. The summed E-state index contributed by atoms with van der Waals surface area (Å²) in [5.74, 6) is -2.65. The van der Waals surface area contributed by atoms with Crippen molar-refractivity contribution < 1.29 is 23.5 Å². The number of alkyl halides is 1. The minimum Gasteiger partial charge on any atom is -0.466 e. The average molecular weight is 259 g/mol. The van der Waals surface area contributed by atoms with E-state index < -0.39 is 41.4 Å². The van der Waals surface area contributed by atoms with E-state index in [0.717, 1.165) is 0 Å². The van der Waals surface area contributed by atoms with Crippen molar-refractivity contribution in [2.45, 2.75) is 32.0 Å². The first-order chi connectivity index (χ1) is 8.47. The van der Waals surface area contributed by atoms with Crippen molar-refractivity contribution >= 4 is 11.9 Å². The molecule has 2 rings (SSSR count). The van der Waals surface area contributed by atoms with Gasteiger partial charge in [-0.25, -0.2) is 4.39 Å². The molecule has 5 atom stereocenters. The predicted octanol–water partition coefficient (Wildman–Crippen LogP) is 0.414. The third-order valence-electron chi connectivity index (χ3n) is 3.83. The van der Waals surface area contributed by atoms with E-state index in [0.29, 0.717) is 0 Å². The first-order valence-corrected chi connectivity index (χ1v) is 6.24. The van der Waals surface area contributed by atoms with E-state index in [9.17, 15) is 14.0 Å². The molecule has 2 fully saturated rings. The zero-order valence-corrected chi connectivity index (χ0v) is 10.5. The molecule has 102 valence electrons. The predicted molar refractivity (Wildman–Crippen MR) is 60.2 cm³/mol. The fourth-order valence-electron chi connectivity index (χ4n) is 3.07. The van der Waals surface area contributed by atoms with Gasteiger partial charge in [0.1, 0.15) is 11.7 Å². The molecule has 0 spiro atoms. The summed E-state index contributed by atoms with van der Waals surface area (Å²) in [7, 11) is 0. The van der Waals surface area contributed by atoms with Gasteiger partial charge in [0, 0.05) is 18.3 Å². The molecular formula is C12H18FNO4. The van der Waals surface area contributed by atoms with Crippen LogP contribution in [0.25, 0.3) is 0 Å². The maximum atomic E-state index is 13.8. The topological polar surface area (TPSA) is 78.6 Å². The van der Waals surface area contributed by atoms with Gasteiger partial charge in [0.25, 0.3) is 0 Å². The number of nitrogens with two attached hydrogens (primary N) is 1. The highest BCUT2D eigenvalue weighted by Gasteiger charge is 2.75. The molecule has 0 bridgehead atoms.